The zero-order valence-electron chi connectivity index (χ0n) is 12.1. The molecule has 2 aromatic rings. The van der Waals surface area contributed by atoms with Crippen molar-refractivity contribution in [1.29, 1.82) is 0 Å². The predicted octanol–water partition coefficient (Wildman–Crippen LogP) is 3.65. The van der Waals surface area contributed by atoms with E-state index in [9.17, 15) is 9.90 Å². The van der Waals surface area contributed by atoms with Crippen LogP contribution in [0.15, 0.2) is 54.6 Å². The van der Waals surface area contributed by atoms with Crippen LogP contribution in [0.3, 0.4) is 0 Å². The topological polar surface area (TPSA) is 40.5 Å². The van der Waals surface area contributed by atoms with Crippen LogP contribution in [-0.4, -0.2) is 11.0 Å². The van der Waals surface area contributed by atoms with Crippen molar-refractivity contribution in [2.75, 3.05) is 4.90 Å². The van der Waals surface area contributed by atoms with Crippen LogP contribution in [0.25, 0.3) is 0 Å². The summed E-state index contributed by atoms with van der Waals surface area (Å²) in [5, 5.41) is 9.88. The first-order chi connectivity index (χ1) is 9.99. The van der Waals surface area contributed by atoms with Crippen molar-refractivity contribution < 1.29 is 9.90 Å². The zero-order chi connectivity index (χ0) is 15.1. The summed E-state index contributed by atoms with van der Waals surface area (Å²) in [6.45, 7) is 7.73. The fourth-order valence-corrected chi connectivity index (χ4v) is 2.60. The molecule has 3 nitrogen and oxygen atoms in total. The van der Waals surface area contributed by atoms with Gasteiger partial charge in [-0.1, -0.05) is 36.4 Å². The van der Waals surface area contributed by atoms with Gasteiger partial charge in [0.05, 0.1) is 6.04 Å². The van der Waals surface area contributed by atoms with E-state index in [1.165, 1.54) is 0 Å². The van der Waals surface area contributed by atoms with Gasteiger partial charge in [-0.15, -0.1) is 0 Å². The van der Waals surface area contributed by atoms with E-state index in [2.05, 4.69) is 6.58 Å². The number of nitrogens with zero attached hydrogens (tertiary/aromatic N) is 1. The van der Waals surface area contributed by atoms with E-state index in [-0.39, 0.29) is 17.7 Å². The van der Waals surface area contributed by atoms with Gasteiger partial charge in [-0.05, 0) is 43.2 Å². The zero-order valence-corrected chi connectivity index (χ0v) is 12.1. The molecular weight excluding hydrogens is 262 g/mol. The number of carbonyl (C=O) groups is 1. The molecule has 0 bridgehead atoms. The van der Waals surface area contributed by atoms with Gasteiger partial charge in [0.2, 0.25) is 0 Å². The van der Waals surface area contributed by atoms with Gasteiger partial charge in [0, 0.05) is 11.3 Å². The molecule has 0 aromatic heterocycles. The molecular formula is C18H17NO2. The lowest BCUT2D eigenvalue weighted by atomic mass is 9.88. The molecule has 1 amide bonds. The second-order valence-corrected chi connectivity index (χ2v) is 5.48. The quantitative estimate of drug-likeness (QED) is 0.673. The number of hydrogen-bond acceptors (Lipinski definition) is 2. The number of aryl methyl sites for hydroxylation is 2. The van der Waals surface area contributed by atoms with E-state index >= 15 is 0 Å². The first kappa shape index (κ1) is 13.4. The molecule has 0 radical (unpaired) electrons. The van der Waals surface area contributed by atoms with Crippen molar-refractivity contribution in [3.8, 4) is 5.75 Å². The number of amides is 1. The maximum absolute atomic E-state index is 12.1. The van der Waals surface area contributed by atoms with Crippen molar-refractivity contribution in [3.63, 3.8) is 0 Å². The van der Waals surface area contributed by atoms with Crippen LogP contribution in [0, 0.1) is 13.8 Å². The summed E-state index contributed by atoms with van der Waals surface area (Å²) in [6.07, 6.45) is 0. The highest BCUT2D eigenvalue weighted by molar-refractivity contribution is 6.15. The molecule has 0 saturated carbocycles. The van der Waals surface area contributed by atoms with Gasteiger partial charge in [-0.2, -0.15) is 0 Å². The fraction of sp³-hybridized carbons (Fsp3) is 0.167. The number of phenolic OH excluding ortho intramolecular Hbond substituents is 1. The smallest absolute Gasteiger partial charge is 0.256 e. The molecule has 0 aliphatic carbocycles. The monoisotopic (exact) mass is 279 g/mol. The molecule has 106 valence electrons. The summed E-state index contributed by atoms with van der Waals surface area (Å²) in [5.74, 6) is 0.174. The summed E-state index contributed by atoms with van der Waals surface area (Å²) >= 11 is 0. The van der Waals surface area contributed by atoms with E-state index in [1.54, 1.807) is 11.0 Å². The Balaban J connectivity index is 2.00. The molecule has 1 N–H and O–H groups in total. The van der Waals surface area contributed by atoms with Gasteiger partial charge in [-0.3, -0.25) is 9.69 Å². The van der Waals surface area contributed by atoms with Crippen LogP contribution in [0.5, 0.6) is 5.75 Å². The number of aromatic hydroxyl groups is 1. The van der Waals surface area contributed by atoms with E-state index in [0.717, 1.165) is 22.4 Å². The number of phenols is 1. The highest BCUT2D eigenvalue weighted by Gasteiger charge is 2.42. The van der Waals surface area contributed by atoms with Gasteiger partial charge < -0.3 is 5.11 Å². The van der Waals surface area contributed by atoms with Crippen molar-refractivity contribution in [2.45, 2.75) is 19.9 Å². The molecule has 2 aromatic carbocycles. The van der Waals surface area contributed by atoms with Crippen LogP contribution in [0.4, 0.5) is 5.69 Å². The van der Waals surface area contributed by atoms with Gasteiger partial charge in [0.1, 0.15) is 5.75 Å². The Labute approximate surface area is 124 Å². The van der Waals surface area contributed by atoms with Crippen LogP contribution in [-0.2, 0) is 4.79 Å². The first-order valence-electron chi connectivity index (χ1n) is 6.87. The Morgan fingerprint density at radius 2 is 1.76 bits per heavy atom. The Bertz CT molecular complexity index is 731. The molecule has 3 rings (SSSR count). The van der Waals surface area contributed by atoms with Crippen molar-refractivity contribution in [3.05, 3.63) is 71.3 Å². The van der Waals surface area contributed by atoms with Crippen LogP contribution in [0.1, 0.15) is 22.7 Å². The number of β-lactam (4-membered cyclic amide) rings is 1. The minimum atomic E-state index is -0.202. The standard InChI is InChI=1S/C18H17NO2/c1-11-4-8-15(9-5-11)19-17(13(3)18(19)21)14-7-6-12(2)16(20)10-14/h4-10,17,20H,3H2,1-2H3/t17-/m1/s1. The maximum Gasteiger partial charge on any atom is 0.256 e. The van der Waals surface area contributed by atoms with E-state index in [0.29, 0.717) is 5.57 Å². The lowest BCUT2D eigenvalue weighted by molar-refractivity contribution is -0.118. The molecule has 1 saturated heterocycles. The average Bonchev–Trinajstić information content (AvgIpc) is 2.48. The second-order valence-electron chi connectivity index (χ2n) is 5.48. The summed E-state index contributed by atoms with van der Waals surface area (Å²) in [5.41, 5.74) is 4.25. The first-order valence-corrected chi connectivity index (χ1v) is 6.87. The molecule has 1 atom stereocenters. The Hall–Kier alpha value is -2.55. The second kappa shape index (κ2) is 4.77. The number of hydrogen-bond donors (Lipinski definition) is 1. The van der Waals surface area contributed by atoms with Gasteiger partial charge in [0.15, 0.2) is 0 Å². The number of benzene rings is 2. The van der Waals surface area contributed by atoms with E-state index in [4.69, 9.17) is 0 Å². The van der Waals surface area contributed by atoms with Gasteiger partial charge >= 0.3 is 0 Å². The van der Waals surface area contributed by atoms with Gasteiger partial charge in [-0.25, -0.2) is 0 Å². The predicted molar refractivity (Wildman–Crippen MR) is 83.4 cm³/mol. The largest absolute Gasteiger partial charge is 0.508 e. The van der Waals surface area contributed by atoms with Crippen LogP contribution >= 0.6 is 0 Å². The van der Waals surface area contributed by atoms with Crippen LogP contribution in [0.2, 0.25) is 0 Å². The number of carbonyl (C=O) groups excluding carboxylic acids is 1. The Kier molecular flexibility index (Phi) is 3.05. The highest BCUT2D eigenvalue weighted by atomic mass is 16.3. The minimum absolute atomic E-state index is 0.0658. The summed E-state index contributed by atoms with van der Waals surface area (Å²) < 4.78 is 0. The molecule has 3 heteroatoms. The number of anilines is 1. The third kappa shape index (κ3) is 2.11. The summed E-state index contributed by atoms with van der Waals surface area (Å²) in [7, 11) is 0. The third-order valence-electron chi connectivity index (χ3n) is 3.94. The van der Waals surface area contributed by atoms with Gasteiger partial charge in [0.25, 0.3) is 5.91 Å². The molecule has 1 heterocycles. The summed E-state index contributed by atoms with van der Waals surface area (Å²) in [4.78, 5) is 13.9. The normalized spacial score (nSPS) is 17.8. The lowest BCUT2D eigenvalue weighted by Gasteiger charge is -2.42. The Morgan fingerprint density at radius 3 is 2.38 bits per heavy atom. The molecule has 0 unspecified atom stereocenters. The SMILES string of the molecule is C=C1C(=O)N(c2ccc(C)cc2)[C@H]1c1ccc(C)c(O)c1. The molecule has 1 aliphatic heterocycles. The fourth-order valence-electron chi connectivity index (χ4n) is 2.60. The molecule has 21 heavy (non-hydrogen) atoms. The maximum atomic E-state index is 12.1. The lowest BCUT2D eigenvalue weighted by Crippen LogP contribution is -2.48. The Morgan fingerprint density at radius 1 is 1.10 bits per heavy atom. The highest BCUT2D eigenvalue weighted by Crippen LogP contribution is 2.43. The number of rotatable bonds is 2. The van der Waals surface area contributed by atoms with E-state index < -0.39 is 0 Å². The molecule has 1 aliphatic rings. The third-order valence-corrected chi connectivity index (χ3v) is 3.94. The van der Waals surface area contributed by atoms with Crippen molar-refractivity contribution in [1.82, 2.24) is 0 Å². The minimum Gasteiger partial charge on any atom is -0.508 e. The summed E-state index contributed by atoms with van der Waals surface area (Å²) in [6, 6.07) is 13.1. The van der Waals surface area contributed by atoms with E-state index in [1.807, 2.05) is 50.2 Å². The van der Waals surface area contributed by atoms with Crippen LogP contribution < -0.4 is 4.90 Å². The van der Waals surface area contributed by atoms with Crippen molar-refractivity contribution in [2.24, 2.45) is 0 Å². The molecule has 1 fully saturated rings. The average molecular weight is 279 g/mol. The van der Waals surface area contributed by atoms with Crippen molar-refractivity contribution >= 4 is 11.6 Å². The molecule has 0 spiro atoms.